The van der Waals surface area contributed by atoms with Crippen LogP contribution >= 0.6 is 0 Å². The summed E-state index contributed by atoms with van der Waals surface area (Å²) in [6.07, 6.45) is -0.369. The molecular weight excluding hydrogens is 420 g/mol. The van der Waals surface area contributed by atoms with E-state index < -0.39 is 30.6 Å². The molecule has 33 heavy (non-hydrogen) atoms. The van der Waals surface area contributed by atoms with E-state index in [0.29, 0.717) is 6.42 Å². The van der Waals surface area contributed by atoms with Gasteiger partial charge in [-0.1, -0.05) is 76.2 Å². The van der Waals surface area contributed by atoms with Gasteiger partial charge in [-0.05, 0) is 34.1 Å². The summed E-state index contributed by atoms with van der Waals surface area (Å²) < 4.78 is 5.55. The smallest absolute Gasteiger partial charge is 0.407 e. The van der Waals surface area contributed by atoms with Gasteiger partial charge >= 0.3 is 12.1 Å². The van der Waals surface area contributed by atoms with Crippen LogP contribution in [0.15, 0.2) is 48.5 Å². The van der Waals surface area contributed by atoms with Gasteiger partial charge in [-0.3, -0.25) is 9.59 Å². The van der Waals surface area contributed by atoms with Gasteiger partial charge in [0.15, 0.2) is 0 Å². The summed E-state index contributed by atoms with van der Waals surface area (Å²) in [6, 6.07) is 15.3. The third-order valence-electron chi connectivity index (χ3n) is 5.65. The quantitative estimate of drug-likeness (QED) is 0.624. The van der Waals surface area contributed by atoms with Gasteiger partial charge in [0.05, 0.1) is 0 Å². The van der Waals surface area contributed by atoms with Gasteiger partial charge in [-0.2, -0.15) is 0 Å². The maximum Gasteiger partial charge on any atom is 0.407 e. The molecule has 1 aliphatic carbocycles. The predicted molar refractivity (Wildman–Crippen MR) is 126 cm³/mol. The number of amides is 2. The second-order valence-corrected chi connectivity index (χ2v) is 9.58. The van der Waals surface area contributed by atoms with Crippen molar-refractivity contribution in [2.24, 2.45) is 5.41 Å². The molecule has 1 unspecified atom stereocenters. The van der Waals surface area contributed by atoms with Crippen molar-refractivity contribution in [2.45, 2.75) is 46.1 Å². The lowest BCUT2D eigenvalue weighted by atomic mass is 9.95. The minimum absolute atomic E-state index is 0.0803. The number of nitrogens with one attached hydrogen (secondary N) is 1. The van der Waals surface area contributed by atoms with E-state index in [9.17, 15) is 19.5 Å². The maximum atomic E-state index is 13.0. The van der Waals surface area contributed by atoms with Crippen LogP contribution in [0.5, 0.6) is 0 Å². The van der Waals surface area contributed by atoms with Gasteiger partial charge < -0.3 is 20.1 Å². The number of carbonyl (C=O) groups is 3. The Labute approximate surface area is 194 Å². The Morgan fingerprint density at radius 3 is 2.06 bits per heavy atom. The highest BCUT2D eigenvalue weighted by molar-refractivity contribution is 5.88. The van der Waals surface area contributed by atoms with Crippen molar-refractivity contribution >= 4 is 18.0 Å². The van der Waals surface area contributed by atoms with Crippen LogP contribution in [0.1, 0.15) is 51.2 Å². The molecule has 0 spiro atoms. The molecule has 176 valence electrons. The molecule has 3 rings (SSSR count). The van der Waals surface area contributed by atoms with Gasteiger partial charge in [0.1, 0.15) is 19.2 Å². The van der Waals surface area contributed by atoms with Gasteiger partial charge in [0.2, 0.25) is 5.91 Å². The number of rotatable bonds is 8. The first-order valence-corrected chi connectivity index (χ1v) is 11.2. The Bertz CT molecular complexity index is 982. The molecule has 0 saturated heterocycles. The van der Waals surface area contributed by atoms with Gasteiger partial charge in [-0.25, -0.2) is 4.79 Å². The Hall–Kier alpha value is -3.35. The molecule has 0 saturated carbocycles. The van der Waals surface area contributed by atoms with E-state index in [1.54, 1.807) is 6.92 Å². The fourth-order valence-electron chi connectivity index (χ4n) is 4.29. The highest BCUT2D eigenvalue weighted by atomic mass is 16.5. The van der Waals surface area contributed by atoms with Gasteiger partial charge in [0, 0.05) is 12.5 Å². The molecule has 0 bridgehead atoms. The van der Waals surface area contributed by atoms with Crippen molar-refractivity contribution < 1.29 is 24.2 Å². The summed E-state index contributed by atoms with van der Waals surface area (Å²) >= 11 is 0. The van der Waals surface area contributed by atoms with Crippen molar-refractivity contribution in [2.75, 3.05) is 19.7 Å². The molecular formula is C26H32N2O5. The summed E-state index contributed by atoms with van der Waals surface area (Å²) in [6.45, 7) is 7.53. The Balaban J connectivity index is 1.67. The first-order chi connectivity index (χ1) is 15.6. The average Bonchev–Trinajstić information content (AvgIpc) is 3.07. The lowest BCUT2D eigenvalue weighted by Gasteiger charge is -2.31. The van der Waals surface area contributed by atoms with Crippen molar-refractivity contribution in [1.82, 2.24) is 10.2 Å². The fourth-order valence-corrected chi connectivity index (χ4v) is 4.29. The van der Waals surface area contributed by atoms with E-state index in [-0.39, 0.29) is 24.5 Å². The topological polar surface area (TPSA) is 95.9 Å². The second-order valence-electron chi connectivity index (χ2n) is 9.58. The first-order valence-electron chi connectivity index (χ1n) is 11.2. The van der Waals surface area contributed by atoms with E-state index in [4.69, 9.17) is 4.74 Å². The van der Waals surface area contributed by atoms with E-state index in [1.165, 1.54) is 4.90 Å². The third-order valence-corrected chi connectivity index (χ3v) is 5.65. The van der Waals surface area contributed by atoms with Crippen molar-refractivity contribution in [3.8, 4) is 11.1 Å². The summed E-state index contributed by atoms with van der Waals surface area (Å²) in [5.74, 6) is -1.60. The fraction of sp³-hybridized carbons (Fsp3) is 0.423. The molecule has 2 amide bonds. The summed E-state index contributed by atoms with van der Waals surface area (Å²) in [5.41, 5.74) is 4.19. The zero-order valence-electron chi connectivity index (χ0n) is 19.6. The summed E-state index contributed by atoms with van der Waals surface area (Å²) in [5, 5.41) is 11.9. The minimum Gasteiger partial charge on any atom is -0.480 e. The lowest BCUT2D eigenvalue weighted by Crippen LogP contribution is -2.51. The number of ether oxygens (including phenoxy) is 1. The molecule has 2 N–H and O–H groups in total. The second kappa shape index (κ2) is 10.1. The molecule has 1 aliphatic rings. The monoisotopic (exact) mass is 452 g/mol. The SMILES string of the molecule is CCC(NC(=O)OCC1c2ccccc2-c2ccccc21)C(=O)N(CC(=O)O)CC(C)(C)C. The highest BCUT2D eigenvalue weighted by Gasteiger charge is 2.31. The van der Waals surface area contributed by atoms with Crippen LogP contribution in [0, 0.1) is 5.41 Å². The highest BCUT2D eigenvalue weighted by Crippen LogP contribution is 2.44. The Kier molecular flexibility index (Phi) is 7.41. The van der Waals surface area contributed by atoms with Crippen molar-refractivity contribution in [3.63, 3.8) is 0 Å². The number of alkyl carbamates (subject to hydrolysis) is 1. The van der Waals surface area contributed by atoms with Crippen LogP contribution < -0.4 is 5.32 Å². The van der Waals surface area contributed by atoms with Crippen LogP contribution in [0.4, 0.5) is 4.79 Å². The van der Waals surface area contributed by atoms with Crippen LogP contribution in [-0.4, -0.2) is 53.7 Å². The van der Waals surface area contributed by atoms with E-state index in [0.717, 1.165) is 22.3 Å². The lowest BCUT2D eigenvalue weighted by molar-refractivity contribution is -0.146. The number of aliphatic carboxylic acids is 1. The summed E-state index contributed by atoms with van der Waals surface area (Å²) in [4.78, 5) is 38.2. The normalized spacial score (nSPS) is 13.6. The molecule has 2 aromatic carbocycles. The molecule has 7 heteroatoms. The van der Waals surface area contributed by atoms with Crippen molar-refractivity contribution in [3.05, 3.63) is 59.7 Å². The third kappa shape index (κ3) is 5.92. The zero-order valence-corrected chi connectivity index (χ0v) is 19.6. The maximum absolute atomic E-state index is 13.0. The average molecular weight is 453 g/mol. The van der Waals surface area contributed by atoms with Crippen LogP contribution in [-0.2, 0) is 14.3 Å². The number of carboxylic acids is 1. The number of carbonyl (C=O) groups excluding carboxylic acids is 2. The predicted octanol–water partition coefficient (Wildman–Crippen LogP) is 4.26. The molecule has 0 aromatic heterocycles. The molecule has 2 aromatic rings. The van der Waals surface area contributed by atoms with Crippen LogP contribution in [0.2, 0.25) is 0 Å². The number of hydrogen-bond acceptors (Lipinski definition) is 4. The standard InChI is InChI=1S/C26H32N2O5/c1-5-22(24(31)28(14-23(29)30)16-26(2,3)4)27-25(32)33-15-21-19-12-8-6-10-17(19)18-11-7-9-13-20(18)21/h6-13,21-22H,5,14-16H2,1-4H3,(H,27,32)(H,29,30). The number of hydrogen-bond donors (Lipinski definition) is 2. The van der Waals surface area contributed by atoms with E-state index in [2.05, 4.69) is 17.4 Å². The first kappa shape index (κ1) is 24.3. The van der Waals surface area contributed by atoms with E-state index in [1.807, 2.05) is 57.2 Å². The Morgan fingerprint density at radius 2 is 1.58 bits per heavy atom. The minimum atomic E-state index is -1.09. The van der Waals surface area contributed by atoms with Crippen LogP contribution in [0.25, 0.3) is 11.1 Å². The molecule has 7 nitrogen and oxygen atoms in total. The number of nitrogens with zero attached hydrogens (tertiary/aromatic N) is 1. The zero-order chi connectivity index (χ0) is 24.2. The number of benzene rings is 2. The summed E-state index contributed by atoms with van der Waals surface area (Å²) in [7, 11) is 0. The van der Waals surface area contributed by atoms with E-state index >= 15 is 0 Å². The van der Waals surface area contributed by atoms with Crippen molar-refractivity contribution in [1.29, 1.82) is 0 Å². The molecule has 0 radical (unpaired) electrons. The molecule has 0 heterocycles. The molecule has 1 atom stereocenters. The molecule has 0 aliphatic heterocycles. The van der Waals surface area contributed by atoms with Gasteiger partial charge in [-0.15, -0.1) is 0 Å². The number of fused-ring (bicyclic) bond motifs is 3. The molecule has 0 fully saturated rings. The number of carboxylic acid groups (broad SMARTS) is 1. The van der Waals surface area contributed by atoms with Gasteiger partial charge in [0.25, 0.3) is 0 Å². The van der Waals surface area contributed by atoms with Crippen LogP contribution in [0.3, 0.4) is 0 Å². The Morgan fingerprint density at radius 1 is 1.03 bits per heavy atom. The largest absolute Gasteiger partial charge is 0.480 e.